The van der Waals surface area contributed by atoms with Gasteiger partial charge in [0.25, 0.3) is 0 Å². The molecule has 0 N–H and O–H groups in total. The van der Waals surface area contributed by atoms with Crippen LogP contribution in [0.5, 0.6) is 0 Å². The van der Waals surface area contributed by atoms with Gasteiger partial charge < -0.3 is 0 Å². The van der Waals surface area contributed by atoms with Crippen LogP contribution in [0.25, 0.3) is 20.2 Å². The Kier molecular flexibility index (Phi) is 4.04. The SMILES string of the molecule is CCC(c1cccc2sc3ccccc3c12)C(C)(C)C(C)(C)C. The number of fused-ring (bicyclic) bond motifs is 3. The molecule has 0 aliphatic rings. The van der Waals surface area contributed by atoms with E-state index in [-0.39, 0.29) is 10.8 Å². The Morgan fingerprint density at radius 3 is 2.17 bits per heavy atom. The first-order valence-corrected chi connectivity index (χ1v) is 9.49. The number of rotatable bonds is 3. The molecule has 0 bridgehead atoms. The second-order valence-corrected chi connectivity index (χ2v) is 9.33. The lowest BCUT2D eigenvalue weighted by Crippen LogP contribution is -2.35. The Labute approximate surface area is 144 Å². The zero-order valence-corrected chi connectivity index (χ0v) is 16.1. The monoisotopic (exact) mass is 324 g/mol. The first kappa shape index (κ1) is 16.5. The van der Waals surface area contributed by atoms with Gasteiger partial charge in [0.2, 0.25) is 0 Å². The van der Waals surface area contributed by atoms with Crippen molar-refractivity contribution in [2.75, 3.05) is 0 Å². The van der Waals surface area contributed by atoms with E-state index in [4.69, 9.17) is 0 Å². The molecule has 0 radical (unpaired) electrons. The van der Waals surface area contributed by atoms with Crippen LogP contribution in [-0.2, 0) is 0 Å². The summed E-state index contributed by atoms with van der Waals surface area (Å²) in [5.74, 6) is 0.559. The highest BCUT2D eigenvalue weighted by molar-refractivity contribution is 7.25. The lowest BCUT2D eigenvalue weighted by Gasteiger charge is -2.45. The summed E-state index contributed by atoms with van der Waals surface area (Å²) < 4.78 is 2.82. The minimum absolute atomic E-state index is 0.235. The molecule has 0 fully saturated rings. The molecule has 3 aromatic rings. The van der Waals surface area contributed by atoms with Crippen molar-refractivity contribution in [1.82, 2.24) is 0 Å². The zero-order valence-electron chi connectivity index (χ0n) is 15.2. The maximum Gasteiger partial charge on any atom is 0.0358 e. The summed E-state index contributed by atoms with van der Waals surface area (Å²) in [6.45, 7) is 14.3. The van der Waals surface area contributed by atoms with Gasteiger partial charge in [0.15, 0.2) is 0 Å². The summed E-state index contributed by atoms with van der Waals surface area (Å²) in [4.78, 5) is 0. The highest BCUT2D eigenvalue weighted by atomic mass is 32.1. The van der Waals surface area contributed by atoms with Gasteiger partial charge in [0, 0.05) is 20.2 Å². The third-order valence-corrected chi connectivity index (χ3v) is 7.16. The van der Waals surface area contributed by atoms with E-state index in [2.05, 4.69) is 84.0 Å². The van der Waals surface area contributed by atoms with Crippen molar-refractivity contribution in [2.24, 2.45) is 10.8 Å². The predicted molar refractivity (Wildman–Crippen MR) is 106 cm³/mol. The molecule has 1 heteroatoms. The summed E-state index contributed by atoms with van der Waals surface area (Å²) in [6, 6.07) is 15.7. The quantitative estimate of drug-likeness (QED) is 0.465. The van der Waals surface area contributed by atoms with Gasteiger partial charge in [0.05, 0.1) is 0 Å². The second-order valence-electron chi connectivity index (χ2n) is 8.25. The Morgan fingerprint density at radius 2 is 1.52 bits per heavy atom. The molecule has 122 valence electrons. The normalized spacial score (nSPS) is 14.5. The van der Waals surface area contributed by atoms with E-state index in [0.29, 0.717) is 5.92 Å². The van der Waals surface area contributed by atoms with Gasteiger partial charge in [-0.05, 0) is 40.9 Å². The Morgan fingerprint density at radius 1 is 0.870 bits per heavy atom. The van der Waals surface area contributed by atoms with Crippen LogP contribution in [0.3, 0.4) is 0 Å². The van der Waals surface area contributed by atoms with Gasteiger partial charge in [-0.1, -0.05) is 71.9 Å². The molecule has 0 amide bonds. The van der Waals surface area contributed by atoms with Crippen molar-refractivity contribution in [3.8, 4) is 0 Å². The van der Waals surface area contributed by atoms with Gasteiger partial charge in [-0.3, -0.25) is 0 Å². The molecule has 1 aromatic heterocycles. The summed E-state index contributed by atoms with van der Waals surface area (Å²) in [5, 5.41) is 2.91. The molecule has 0 saturated heterocycles. The van der Waals surface area contributed by atoms with Gasteiger partial charge in [-0.2, -0.15) is 0 Å². The highest BCUT2D eigenvalue weighted by Crippen LogP contribution is 2.52. The minimum atomic E-state index is 0.235. The Bertz CT molecular complexity index is 830. The van der Waals surface area contributed by atoms with E-state index in [0.717, 1.165) is 0 Å². The minimum Gasteiger partial charge on any atom is -0.135 e. The summed E-state index contributed by atoms with van der Waals surface area (Å²) in [6.07, 6.45) is 1.17. The summed E-state index contributed by atoms with van der Waals surface area (Å²) in [5.41, 5.74) is 2.03. The Balaban J connectivity index is 2.30. The summed E-state index contributed by atoms with van der Waals surface area (Å²) in [7, 11) is 0. The van der Waals surface area contributed by atoms with Crippen molar-refractivity contribution in [3.63, 3.8) is 0 Å². The zero-order chi connectivity index (χ0) is 16.8. The van der Waals surface area contributed by atoms with Crippen molar-refractivity contribution in [3.05, 3.63) is 48.0 Å². The van der Waals surface area contributed by atoms with Crippen LogP contribution in [0.2, 0.25) is 0 Å². The molecule has 0 aliphatic carbocycles. The fourth-order valence-electron chi connectivity index (χ4n) is 3.73. The molecule has 23 heavy (non-hydrogen) atoms. The molecule has 1 heterocycles. The van der Waals surface area contributed by atoms with Crippen molar-refractivity contribution >= 4 is 31.5 Å². The lowest BCUT2D eigenvalue weighted by atomic mass is 9.59. The van der Waals surface area contributed by atoms with E-state index >= 15 is 0 Å². The average Bonchev–Trinajstić information content (AvgIpc) is 2.85. The Hall–Kier alpha value is -1.34. The molecular weight excluding hydrogens is 296 g/mol. The molecule has 3 rings (SSSR count). The molecule has 0 spiro atoms. The topological polar surface area (TPSA) is 0 Å². The van der Waals surface area contributed by atoms with Crippen LogP contribution in [0.15, 0.2) is 42.5 Å². The van der Waals surface area contributed by atoms with E-state index in [1.165, 1.54) is 32.2 Å². The summed E-state index contributed by atoms with van der Waals surface area (Å²) >= 11 is 1.92. The molecule has 2 aromatic carbocycles. The van der Waals surface area contributed by atoms with Crippen LogP contribution in [0, 0.1) is 10.8 Å². The second kappa shape index (κ2) is 5.63. The number of hydrogen-bond donors (Lipinski definition) is 0. The van der Waals surface area contributed by atoms with Crippen LogP contribution >= 0.6 is 11.3 Å². The first-order chi connectivity index (χ1) is 10.8. The van der Waals surface area contributed by atoms with Gasteiger partial charge >= 0.3 is 0 Å². The first-order valence-electron chi connectivity index (χ1n) is 8.67. The fourth-order valence-corrected chi connectivity index (χ4v) is 4.87. The van der Waals surface area contributed by atoms with Crippen LogP contribution in [0.4, 0.5) is 0 Å². The standard InChI is InChI=1S/C22H28S/c1-7-17(22(5,6)21(2,3)4)15-12-10-14-19-20(15)16-11-8-9-13-18(16)23-19/h8-14,17H,7H2,1-6H3. The lowest BCUT2D eigenvalue weighted by molar-refractivity contribution is 0.0923. The number of hydrogen-bond acceptors (Lipinski definition) is 1. The average molecular weight is 325 g/mol. The molecular formula is C22H28S. The molecule has 0 nitrogen and oxygen atoms in total. The third kappa shape index (κ3) is 2.59. The van der Waals surface area contributed by atoms with E-state index in [1.54, 1.807) is 0 Å². The number of thiophene rings is 1. The maximum absolute atomic E-state index is 2.44. The van der Waals surface area contributed by atoms with Crippen molar-refractivity contribution in [2.45, 2.75) is 53.9 Å². The fraction of sp³-hybridized carbons (Fsp3) is 0.455. The maximum atomic E-state index is 2.44. The van der Waals surface area contributed by atoms with Gasteiger partial charge in [-0.25, -0.2) is 0 Å². The number of benzene rings is 2. The highest BCUT2D eigenvalue weighted by Gasteiger charge is 2.40. The van der Waals surface area contributed by atoms with Crippen LogP contribution in [-0.4, -0.2) is 0 Å². The van der Waals surface area contributed by atoms with E-state index < -0.39 is 0 Å². The molecule has 1 atom stereocenters. The largest absolute Gasteiger partial charge is 0.135 e. The third-order valence-electron chi connectivity index (χ3n) is 6.02. The van der Waals surface area contributed by atoms with Crippen molar-refractivity contribution < 1.29 is 0 Å². The van der Waals surface area contributed by atoms with Gasteiger partial charge in [-0.15, -0.1) is 11.3 Å². The van der Waals surface area contributed by atoms with Gasteiger partial charge in [0.1, 0.15) is 0 Å². The van der Waals surface area contributed by atoms with E-state index in [9.17, 15) is 0 Å². The van der Waals surface area contributed by atoms with Crippen LogP contribution < -0.4 is 0 Å². The van der Waals surface area contributed by atoms with Crippen molar-refractivity contribution in [1.29, 1.82) is 0 Å². The van der Waals surface area contributed by atoms with E-state index in [1.807, 2.05) is 11.3 Å². The molecule has 0 aliphatic heterocycles. The molecule has 1 unspecified atom stereocenters. The smallest absolute Gasteiger partial charge is 0.0358 e. The predicted octanol–water partition coefficient (Wildman–Crippen LogP) is 7.62. The molecule has 0 saturated carbocycles. The van der Waals surface area contributed by atoms with Crippen LogP contribution in [0.1, 0.15) is 59.4 Å².